The molecule has 2 heterocycles. The molecule has 0 spiro atoms. The van der Waals surface area contributed by atoms with Crippen molar-refractivity contribution in [3.63, 3.8) is 0 Å². The van der Waals surface area contributed by atoms with Gasteiger partial charge >= 0.3 is 0 Å². The van der Waals surface area contributed by atoms with E-state index in [0.29, 0.717) is 56.3 Å². The Morgan fingerprint density at radius 2 is 1.83 bits per heavy atom. The van der Waals surface area contributed by atoms with Gasteiger partial charge in [-0.25, -0.2) is 0 Å². The van der Waals surface area contributed by atoms with Gasteiger partial charge in [-0.05, 0) is 25.0 Å². The van der Waals surface area contributed by atoms with E-state index >= 15 is 0 Å². The number of ether oxygens (including phenoxy) is 3. The fourth-order valence-corrected chi connectivity index (χ4v) is 2.96. The molecule has 122 valence electrons. The molecule has 0 radical (unpaired) electrons. The van der Waals surface area contributed by atoms with Crippen molar-refractivity contribution in [2.24, 2.45) is 5.41 Å². The summed E-state index contributed by atoms with van der Waals surface area (Å²) in [6, 6.07) is 5.22. The van der Waals surface area contributed by atoms with Crippen molar-refractivity contribution >= 4 is 17.5 Å². The summed E-state index contributed by atoms with van der Waals surface area (Å²) in [5, 5.41) is 2.84. The number of benzene rings is 1. The Labute approximate surface area is 133 Å². The molecule has 1 saturated carbocycles. The Morgan fingerprint density at radius 3 is 2.57 bits per heavy atom. The number of nitrogens with zero attached hydrogens (tertiary/aromatic N) is 1. The highest BCUT2D eigenvalue weighted by atomic mass is 16.7. The maximum atomic E-state index is 12.7. The molecule has 0 unspecified atom stereocenters. The highest BCUT2D eigenvalue weighted by Gasteiger charge is 2.58. The molecule has 1 aromatic carbocycles. The van der Waals surface area contributed by atoms with Crippen LogP contribution < -0.4 is 14.8 Å². The van der Waals surface area contributed by atoms with E-state index < -0.39 is 5.41 Å². The molecule has 1 N–H and O–H groups in total. The molecular formula is C16H18N2O5. The molecule has 0 atom stereocenters. The topological polar surface area (TPSA) is 77.1 Å². The van der Waals surface area contributed by atoms with E-state index in [-0.39, 0.29) is 18.6 Å². The maximum Gasteiger partial charge on any atom is 0.240 e. The van der Waals surface area contributed by atoms with Crippen LogP contribution in [0.1, 0.15) is 12.8 Å². The summed E-state index contributed by atoms with van der Waals surface area (Å²) in [7, 11) is 0. The van der Waals surface area contributed by atoms with Crippen LogP contribution in [0.15, 0.2) is 18.2 Å². The Kier molecular flexibility index (Phi) is 3.37. The van der Waals surface area contributed by atoms with Crippen LogP contribution in [0.3, 0.4) is 0 Å². The van der Waals surface area contributed by atoms with Crippen LogP contribution in [-0.2, 0) is 14.3 Å². The first-order valence-electron chi connectivity index (χ1n) is 7.77. The van der Waals surface area contributed by atoms with Crippen LogP contribution in [0.25, 0.3) is 0 Å². The lowest BCUT2D eigenvalue weighted by atomic mass is 10.0. The minimum atomic E-state index is -0.909. The molecule has 1 aromatic rings. The van der Waals surface area contributed by atoms with Gasteiger partial charge in [0.05, 0.1) is 13.2 Å². The summed E-state index contributed by atoms with van der Waals surface area (Å²) >= 11 is 0. The third-order valence-electron chi connectivity index (χ3n) is 4.52. The third-order valence-corrected chi connectivity index (χ3v) is 4.52. The number of nitrogens with one attached hydrogen (secondary N) is 1. The summed E-state index contributed by atoms with van der Waals surface area (Å²) < 4.78 is 15.8. The van der Waals surface area contributed by atoms with Crippen molar-refractivity contribution in [3.05, 3.63) is 18.2 Å². The summed E-state index contributed by atoms with van der Waals surface area (Å²) in [6.07, 6.45) is 1.19. The number of hydrogen-bond donors (Lipinski definition) is 1. The Hall–Kier alpha value is -2.28. The summed E-state index contributed by atoms with van der Waals surface area (Å²) in [5.74, 6) is 0.938. The molecule has 2 aliphatic heterocycles. The number of carbonyl (C=O) groups excluding carboxylic acids is 2. The van der Waals surface area contributed by atoms with E-state index in [1.54, 1.807) is 23.1 Å². The molecule has 23 heavy (non-hydrogen) atoms. The van der Waals surface area contributed by atoms with Gasteiger partial charge in [0.2, 0.25) is 18.6 Å². The van der Waals surface area contributed by atoms with Gasteiger partial charge in [0.25, 0.3) is 0 Å². The SMILES string of the molecule is O=C(Nc1ccc2c(c1)OCO2)C1(C(=O)N2CCOCC2)CC1. The van der Waals surface area contributed by atoms with E-state index in [1.807, 2.05) is 0 Å². The predicted molar refractivity (Wildman–Crippen MR) is 80.3 cm³/mol. The summed E-state index contributed by atoms with van der Waals surface area (Å²) in [4.78, 5) is 27.0. The van der Waals surface area contributed by atoms with E-state index in [9.17, 15) is 9.59 Å². The normalized spacial score (nSPS) is 21.0. The molecular weight excluding hydrogens is 300 g/mol. The summed E-state index contributed by atoms with van der Waals surface area (Å²) in [5.41, 5.74) is -0.298. The smallest absolute Gasteiger partial charge is 0.240 e. The van der Waals surface area contributed by atoms with E-state index in [2.05, 4.69) is 5.32 Å². The zero-order valence-electron chi connectivity index (χ0n) is 12.7. The second-order valence-electron chi connectivity index (χ2n) is 6.01. The Morgan fingerprint density at radius 1 is 1.09 bits per heavy atom. The van der Waals surface area contributed by atoms with Crippen LogP contribution in [0.5, 0.6) is 11.5 Å². The number of rotatable bonds is 3. The van der Waals surface area contributed by atoms with Crippen molar-refractivity contribution in [1.29, 1.82) is 0 Å². The van der Waals surface area contributed by atoms with Crippen LogP contribution in [-0.4, -0.2) is 49.8 Å². The Bertz CT molecular complexity index is 650. The second-order valence-corrected chi connectivity index (χ2v) is 6.01. The van der Waals surface area contributed by atoms with Crippen molar-refractivity contribution in [2.75, 3.05) is 38.4 Å². The average molecular weight is 318 g/mol. The number of carbonyl (C=O) groups is 2. The molecule has 2 fully saturated rings. The number of anilines is 1. The number of hydrogen-bond acceptors (Lipinski definition) is 5. The lowest BCUT2D eigenvalue weighted by Gasteiger charge is -2.30. The lowest BCUT2D eigenvalue weighted by Crippen LogP contribution is -2.47. The number of morpholine rings is 1. The standard InChI is InChI=1S/C16H18N2O5/c19-14(17-11-1-2-12-13(9-11)23-10-22-12)16(3-4-16)15(20)18-5-7-21-8-6-18/h1-2,9H,3-8,10H2,(H,17,19). The first kappa shape index (κ1) is 14.3. The lowest BCUT2D eigenvalue weighted by molar-refractivity contribution is -0.145. The van der Waals surface area contributed by atoms with Gasteiger partial charge in [0, 0.05) is 24.8 Å². The molecule has 4 rings (SSSR count). The monoisotopic (exact) mass is 318 g/mol. The zero-order chi connectivity index (χ0) is 15.9. The van der Waals surface area contributed by atoms with Crippen molar-refractivity contribution in [1.82, 2.24) is 4.90 Å². The van der Waals surface area contributed by atoms with Gasteiger partial charge in [0.1, 0.15) is 5.41 Å². The quantitative estimate of drug-likeness (QED) is 0.841. The van der Waals surface area contributed by atoms with Gasteiger partial charge < -0.3 is 24.4 Å². The molecule has 1 saturated heterocycles. The van der Waals surface area contributed by atoms with Gasteiger partial charge in [-0.3, -0.25) is 9.59 Å². The molecule has 7 nitrogen and oxygen atoms in total. The fraction of sp³-hybridized carbons (Fsp3) is 0.500. The molecule has 0 aromatic heterocycles. The first-order chi connectivity index (χ1) is 11.2. The molecule has 0 bridgehead atoms. The molecule has 1 aliphatic carbocycles. The molecule has 7 heteroatoms. The van der Waals surface area contributed by atoms with E-state index in [0.717, 1.165) is 0 Å². The average Bonchev–Trinajstić information content (AvgIpc) is 3.27. The number of fused-ring (bicyclic) bond motifs is 1. The molecule has 2 amide bonds. The highest BCUT2D eigenvalue weighted by molar-refractivity contribution is 6.13. The third kappa shape index (κ3) is 2.50. The number of amides is 2. The van der Waals surface area contributed by atoms with Crippen molar-refractivity contribution in [3.8, 4) is 11.5 Å². The van der Waals surface area contributed by atoms with Crippen molar-refractivity contribution < 1.29 is 23.8 Å². The minimum absolute atomic E-state index is 0.0842. The molecule has 3 aliphatic rings. The summed E-state index contributed by atoms with van der Waals surface area (Å²) in [6.45, 7) is 2.36. The van der Waals surface area contributed by atoms with Crippen LogP contribution >= 0.6 is 0 Å². The predicted octanol–water partition coefficient (Wildman–Crippen LogP) is 0.993. The zero-order valence-corrected chi connectivity index (χ0v) is 12.7. The van der Waals surface area contributed by atoms with Gasteiger partial charge in [-0.2, -0.15) is 0 Å². The largest absolute Gasteiger partial charge is 0.454 e. The van der Waals surface area contributed by atoms with Crippen molar-refractivity contribution in [2.45, 2.75) is 12.8 Å². The van der Waals surface area contributed by atoms with Gasteiger partial charge in [0.15, 0.2) is 11.5 Å². The highest BCUT2D eigenvalue weighted by Crippen LogP contribution is 2.48. The minimum Gasteiger partial charge on any atom is -0.454 e. The van der Waals surface area contributed by atoms with E-state index in [4.69, 9.17) is 14.2 Å². The van der Waals surface area contributed by atoms with Crippen LogP contribution in [0.4, 0.5) is 5.69 Å². The van der Waals surface area contributed by atoms with Crippen LogP contribution in [0, 0.1) is 5.41 Å². The van der Waals surface area contributed by atoms with E-state index in [1.165, 1.54) is 0 Å². The van der Waals surface area contributed by atoms with Gasteiger partial charge in [-0.1, -0.05) is 0 Å². The van der Waals surface area contributed by atoms with Crippen LogP contribution in [0.2, 0.25) is 0 Å². The fourth-order valence-electron chi connectivity index (χ4n) is 2.96. The first-order valence-corrected chi connectivity index (χ1v) is 7.77. The maximum absolute atomic E-state index is 12.7. The second kappa shape index (κ2) is 5.42. The van der Waals surface area contributed by atoms with Gasteiger partial charge in [-0.15, -0.1) is 0 Å². The Balaban J connectivity index is 1.47.